The average molecular weight is 357 g/mol. The highest BCUT2D eigenvalue weighted by molar-refractivity contribution is 7.09. The molecule has 1 N–H and O–H groups in total. The fraction of sp³-hybridized carbons (Fsp3) is 0.375. The highest BCUT2D eigenvalue weighted by atomic mass is 32.1. The van der Waals surface area contributed by atoms with Crippen LogP contribution in [-0.4, -0.2) is 61.9 Å². The van der Waals surface area contributed by atoms with Crippen LogP contribution in [0.1, 0.15) is 0 Å². The standard InChI is InChI=1S/C16H19N7OS/c1-2-4-17-14(3-1)19-16-20-15(21-25-16)13-11-18-23(12-13)6-5-22-7-9-24-10-8-22/h1-4,11-12H,5-10H2,(H,17,19,20,21). The van der Waals surface area contributed by atoms with Crippen molar-refractivity contribution in [1.29, 1.82) is 0 Å². The zero-order valence-electron chi connectivity index (χ0n) is 13.7. The summed E-state index contributed by atoms with van der Waals surface area (Å²) in [6.45, 7) is 5.44. The van der Waals surface area contributed by atoms with E-state index in [1.165, 1.54) is 11.5 Å². The molecule has 0 saturated carbocycles. The Hall–Kier alpha value is -2.36. The van der Waals surface area contributed by atoms with E-state index in [2.05, 4.69) is 29.7 Å². The maximum Gasteiger partial charge on any atom is 0.208 e. The normalized spacial score (nSPS) is 15.4. The number of ether oxygens (including phenoxy) is 1. The lowest BCUT2D eigenvalue weighted by Gasteiger charge is -2.26. The first kappa shape index (κ1) is 16.1. The summed E-state index contributed by atoms with van der Waals surface area (Å²) < 4.78 is 11.7. The van der Waals surface area contributed by atoms with Gasteiger partial charge in [0.1, 0.15) is 5.82 Å². The molecule has 0 aromatic carbocycles. The molecule has 0 amide bonds. The highest BCUT2D eigenvalue weighted by Gasteiger charge is 2.12. The molecule has 0 atom stereocenters. The molecule has 0 aliphatic carbocycles. The topological polar surface area (TPSA) is 81.0 Å². The quantitative estimate of drug-likeness (QED) is 0.721. The van der Waals surface area contributed by atoms with Crippen LogP contribution in [0.4, 0.5) is 10.9 Å². The maximum atomic E-state index is 5.37. The predicted molar refractivity (Wildman–Crippen MR) is 95.9 cm³/mol. The van der Waals surface area contributed by atoms with E-state index < -0.39 is 0 Å². The fourth-order valence-corrected chi connectivity index (χ4v) is 3.20. The van der Waals surface area contributed by atoms with Crippen LogP contribution in [-0.2, 0) is 11.3 Å². The molecule has 0 bridgehead atoms. The number of hydrogen-bond acceptors (Lipinski definition) is 8. The number of aromatic nitrogens is 5. The molecule has 0 spiro atoms. The molecule has 1 saturated heterocycles. The van der Waals surface area contributed by atoms with E-state index in [4.69, 9.17) is 4.74 Å². The van der Waals surface area contributed by atoms with Gasteiger partial charge in [-0.05, 0) is 12.1 Å². The van der Waals surface area contributed by atoms with Crippen LogP contribution in [0.25, 0.3) is 11.4 Å². The summed E-state index contributed by atoms with van der Waals surface area (Å²) in [5.41, 5.74) is 0.923. The van der Waals surface area contributed by atoms with Gasteiger partial charge >= 0.3 is 0 Å². The molecule has 1 aliphatic heterocycles. The Morgan fingerprint density at radius 1 is 1.20 bits per heavy atom. The van der Waals surface area contributed by atoms with Gasteiger partial charge in [0, 0.05) is 43.6 Å². The molecule has 8 nitrogen and oxygen atoms in total. The summed E-state index contributed by atoms with van der Waals surface area (Å²) in [5.74, 6) is 1.44. The SMILES string of the molecule is c1ccc(Nc2nc(-c3cnn(CCN4CCOCC4)c3)ns2)nc1. The summed E-state index contributed by atoms with van der Waals surface area (Å²) in [4.78, 5) is 11.1. The first-order chi connectivity index (χ1) is 12.4. The third kappa shape index (κ3) is 4.19. The Balaban J connectivity index is 1.37. The summed E-state index contributed by atoms with van der Waals surface area (Å²) >= 11 is 1.31. The third-order valence-corrected chi connectivity index (χ3v) is 4.60. The van der Waals surface area contributed by atoms with Crippen molar-refractivity contribution in [1.82, 2.24) is 29.0 Å². The van der Waals surface area contributed by atoms with Gasteiger partial charge in [-0.3, -0.25) is 9.58 Å². The maximum absolute atomic E-state index is 5.37. The first-order valence-electron chi connectivity index (χ1n) is 8.21. The number of rotatable bonds is 6. The van der Waals surface area contributed by atoms with Gasteiger partial charge in [-0.1, -0.05) is 6.07 Å². The zero-order valence-corrected chi connectivity index (χ0v) is 14.5. The Morgan fingerprint density at radius 3 is 2.96 bits per heavy atom. The number of morpholine rings is 1. The second-order valence-electron chi connectivity index (χ2n) is 5.71. The molecule has 0 unspecified atom stereocenters. The van der Waals surface area contributed by atoms with Crippen molar-refractivity contribution < 1.29 is 4.74 Å². The van der Waals surface area contributed by atoms with E-state index in [0.717, 1.165) is 55.9 Å². The van der Waals surface area contributed by atoms with Crippen molar-refractivity contribution in [3.8, 4) is 11.4 Å². The Morgan fingerprint density at radius 2 is 2.12 bits per heavy atom. The van der Waals surface area contributed by atoms with Crippen molar-refractivity contribution in [2.75, 3.05) is 38.2 Å². The van der Waals surface area contributed by atoms with E-state index in [9.17, 15) is 0 Å². The second kappa shape index (κ2) is 7.68. The summed E-state index contributed by atoms with van der Waals surface area (Å²) in [5, 5.41) is 8.30. The minimum absolute atomic E-state index is 0.682. The van der Waals surface area contributed by atoms with Gasteiger partial charge < -0.3 is 10.1 Å². The second-order valence-corrected chi connectivity index (χ2v) is 6.46. The average Bonchev–Trinajstić information content (AvgIpc) is 3.31. The van der Waals surface area contributed by atoms with Gasteiger partial charge in [-0.2, -0.15) is 14.5 Å². The minimum atomic E-state index is 0.682. The molecular weight excluding hydrogens is 338 g/mol. The third-order valence-electron chi connectivity index (χ3n) is 3.97. The molecular formula is C16H19N7OS. The van der Waals surface area contributed by atoms with Crippen molar-refractivity contribution in [2.24, 2.45) is 0 Å². The number of nitrogens with one attached hydrogen (secondary N) is 1. The number of hydrogen-bond donors (Lipinski definition) is 1. The fourth-order valence-electron chi connectivity index (χ4n) is 2.61. The van der Waals surface area contributed by atoms with E-state index in [1.54, 1.807) is 6.20 Å². The monoisotopic (exact) mass is 357 g/mol. The van der Waals surface area contributed by atoms with Gasteiger partial charge in [0.15, 0.2) is 5.82 Å². The molecule has 3 aromatic rings. The van der Waals surface area contributed by atoms with Gasteiger partial charge in [-0.15, -0.1) is 0 Å². The molecule has 25 heavy (non-hydrogen) atoms. The summed E-state index contributed by atoms with van der Waals surface area (Å²) in [6.07, 6.45) is 5.54. The Bertz CT molecular complexity index is 798. The van der Waals surface area contributed by atoms with Gasteiger partial charge in [0.2, 0.25) is 5.13 Å². The largest absolute Gasteiger partial charge is 0.379 e. The number of nitrogens with zero attached hydrogens (tertiary/aromatic N) is 6. The first-order valence-corrected chi connectivity index (χ1v) is 8.99. The van der Waals surface area contributed by atoms with E-state index in [1.807, 2.05) is 35.3 Å². The lowest BCUT2D eigenvalue weighted by Crippen LogP contribution is -2.38. The van der Waals surface area contributed by atoms with E-state index >= 15 is 0 Å². The van der Waals surface area contributed by atoms with Crippen LogP contribution < -0.4 is 5.32 Å². The number of pyridine rings is 1. The molecule has 4 rings (SSSR count). The van der Waals surface area contributed by atoms with Crippen LogP contribution in [0.15, 0.2) is 36.8 Å². The molecule has 3 aromatic heterocycles. The lowest BCUT2D eigenvalue weighted by molar-refractivity contribution is 0.0360. The molecule has 1 fully saturated rings. The van der Waals surface area contributed by atoms with Crippen LogP contribution in [0.3, 0.4) is 0 Å². The van der Waals surface area contributed by atoms with Crippen LogP contribution in [0.2, 0.25) is 0 Å². The van der Waals surface area contributed by atoms with Gasteiger partial charge in [-0.25, -0.2) is 4.98 Å². The Kier molecular flexibility index (Phi) is 4.96. The van der Waals surface area contributed by atoms with Crippen molar-refractivity contribution >= 4 is 22.5 Å². The smallest absolute Gasteiger partial charge is 0.208 e. The summed E-state index contributed by atoms with van der Waals surface area (Å²) in [7, 11) is 0. The van der Waals surface area contributed by atoms with Crippen LogP contribution >= 0.6 is 11.5 Å². The molecule has 0 radical (unpaired) electrons. The van der Waals surface area contributed by atoms with E-state index in [-0.39, 0.29) is 0 Å². The van der Waals surface area contributed by atoms with Gasteiger partial charge in [0.25, 0.3) is 0 Å². The predicted octanol–water partition coefficient (Wildman–Crippen LogP) is 1.87. The van der Waals surface area contributed by atoms with Crippen LogP contribution in [0.5, 0.6) is 0 Å². The van der Waals surface area contributed by atoms with E-state index in [0.29, 0.717) is 5.82 Å². The highest BCUT2D eigenvalue weighted by Crippen LogP contribution is 2.22. The molecule has 1 aliphatic rings. The van der Waals surface area contributed by atoms with Crippen LogP contribution in [0, 0.1) is 0 Å². The van der Waals surface area contributed by atoms with Crippen molar-refractivity contribution in [3.05, 3.63) is 36.8 Å². The van der Waals surface area contributed by atoms with Crippen molar-refractivity contribution in [2.45, 2.75) is 6.54 Å². The lowest BCUT2D eigenvalue weighted by atomic mass is 10.3. The zero-order chi connectivity index (χ0) is 16.9. The summed E-state index contributed by atoms with van der Waals surface area (Å²) in [6, 6.07) is 5.70. The molecule has 9 heteroatoms. The minimum Gasteiger partial charge on any atom is -0.379 e. The van der Waals surface area contributed by atoms with Gasteiger partial charge in [0.05, 0.1) is 31.5 Å². The number of anilines is 2. The molecule has 130 valence electrons. The molecule has 4 heterocycles. The Labute approximate surface area is 149 Å². The van der Waals surface area contributed by atoms with Crippen molar-refractivity contribution in [3.63, 3.8) is 0 Å².